The number of amides is 2. The number of rotatable bonds is 16. The van der Waals surface area contributed by atoms with Crippen molar-refractivity contribution in [1.29, 1.82) is 0 Å². The maximum absolute atomic E-state index is 12.4. The highest BCUT2D eigenvalue weighted by atomic mass is 32.2. The highest BCUT2D eigenvalue weighted by molar-refractivity contribution is 7.99. The molecule has 1 fully saturated rings. The van der Waals surface area contributed by atoms with Gasteiger partial charge in [0, 0.05) is 49.1 Å². The van der Waals surface area contributed by atoms with Crippen LogP contribution in [0, 0.1) is 0 Å². The number of thioether (sulfide) groups is 1. The maximum atomic E-state index is 12.4. The van der Waals surface area contributed by atoms with Crippen LogP contribution in [-0.4, -0.2) is 46.4 Å². The van der Waals surface area contributed by atoms with E-state index in [0.29, 0.717) is 36.6 Å². The van der Waals surface area contributed by atoms with E-state index in [1.54, 1.807) is 12.1 Å². The smallest absolute Gasteiger partial charge is 0.336 e. The zero-order chi connectivity index (χ0) is 35.3. The first-order valence-electron chi connectivity index (χ1n) is 16.9. The molecule has 1 aliphatic rings. The quantitative estimate of drug-likeness (QED) is 0.0715. The van der Waals surface area contributed by atoms with Crippen LogP contribution in [0.1, 0.15) is 84.0 Å². The van der Waals surface area contributed by atoms with Gasteiger partial charge in [0.1, 0.15) is 0 Å². The molecule has 3 atom stereocenters. The van der Waals surface area contributed by atoms with E-state index in [1.807, 2.05) is 78.9 Å². The number of carbonyl (C=O) groups excluding carboxylic acids is 2. The van der Waals surface area contributed by atoms with Gasteiger partial charge < -0.3 is 30.3 Å². The summed E-state index contributed by atoms with van der Waals surface area (Å²) in [6, 6.07) is 30.9. The van der Waals surface area contributed by atoms with Gasteiger partial charge in [-0.3, -0.25) is 9.59 Å². The molecule has 4 aromatic rings. The zero-order valence-corrected chi connectivity index (χ0v) is 29.0. The van der Waals surface area contributed by atoms with Crippen LogP contribution in [0.2, 0.25) is 0 Å². The molecule has 0 saturated carbocycles. The molecule has 10 heteroatoms. The number of aliphatic hydroxyl groups excluding tert-OH is 1. The van der Waals surface area contributed by atoms with Crippen molar-refractivity contribution in [1.82, 2.24) is 10.6 Å². The average Bonchev–Trinajstić information content (AvgIpc) is 3.14. The van der Waals surface area contributed by atoms with Gasteiger partial charge >= 0.3 is 5.97 Å². The van der Waals surface area contributed by atoms with Gasteiger partial charge in [-0.25, -0.2) is 4.79 Å². The average molecular weight is 697 g/mol. The molecular formula is C40H44N2O7S. The minimum absolute atomic E-state index is 0.0113. The van der Waals surface area contributed by atoms with Gasteiger partial charge in [0.05, 0.1) is 24.4 Å². The summed E-state index contributed by atoms with van der Waals surface area (Å²) in [6.07, 6.45) is 2.48. The number of carbonyl (C=O) groups is 3. The minimum atomic E-state index is -0.959. The van der Waals surface area contributed by atoms with E-state index in [-0.39, 0.29) is 36.2 Å². The van der Waals surface area contributed by atoms with E-state index in [1.165, 1.54) is 18.7 Å². The first-order chi connectivity index (χ1) is 24.3. The van der Waals surface area contributed by atoms with Crippen LogP contribution in [0.4, 0.5) is 0 Å². The maximum Gasteiger partial charge on any atom is 0.336 e. The second-order valence-electron chi connectivity index (χ2n) is 12.4. The number of carboxylic acid groups (broad SMARTS) is 1. The van der Waals surface area contributed by atoms with Crippen molar-refractivity contribution in [3.05, 3.63) is 125 Å². The van der Waals surface area contributed by atoms with E-state index >= 15 is 0 Å². The minimum Gasteiger partial charge on any atom is -0.478 e. The van der Waals surface area contributed by atoms with Crippen molar-refractivity contribution < 1.29 is 34.1 Å². The molecule has 0 aromatic heterocycles. The molecule has 50 heavy (non-hydrogen) atoms. The van der Waals surface area contributed by atoms with Crippen LogP contribution in [-0.2, 0) is 32.2 Å². The third-order valence-corrected chi connectivity index (χ3v) is 9.75. The van der Waals surface area contributed by atoms with E-state index in [4.69, 9.17) is 9.47 Å². The number of hydrogen-bond donors (Lipinski definition) is 4. The normalized spacial score (nSPS) is 17.2. The fraction of sp³-hybridized carbons (Fsp3) is 0.325. The number of carboxylic acids is 1. The Morgan fingerprint density at radius 1 is 0.800 bits per heavy atom. The highest BCUT2D eigenvalue weighted by Gasteiger charge is 2.32. The summed E-state index contributed by atoms with van der Waals surface area (Å²) in [4.78, 5) is 35.8. The topological polar surface area (TPSA) is 134 Å². The predicted octanol–water partition coefficient (Wildman–Crippen LogP) is 7.19. The van der Waals surface area contributed by atoms with Gasteiger partial charge in [-0.15, -0.1) is 11.8 Å². The van der Waals surface area contributed by atoms with E-state index in [0.717, 1.165) is 52.6 Å². The van der Waals surface area contributed by atoms with Crippen molar-refractivity contribution in [3.8, 4) is 11.1 Å². The Balaban J connectivity index is 1.22. The van der Waals surface area contributed by atoms with Crippen LogP contribution in [0.3, 0.4) is 0 Å². The Morgan fingerprint density at radius 2 is 1.56 bits per heavy atom. The summed E-state index contributed by atoms with van der Waals surface area (Å²) < 4.78 is 13.0. The molecular weight excluding hydrogens is 653 g/mol. The molecule has 1 aliphatic heterocycles. The second kappa shape index (κ2) is 18.5. The molecule has 9 nitrogen and oxygen atoms in total. The molecule has 0 aliphatic carbocycles. The van der Waals surface area contributed by atoms with Gasteiger partial charge in [-0.05, 0) is 58.9 Å². The van der Waals surface area contributed by atoms with Crippen LogP contribution in [0.15, 0.2) is 102 Å². The lowest BCUT2D eigenvalue weighted by Gasteiger charge is -2.36. The molecule has 1 heterocycles. The SMILES string of the molecule is CC(=O)NCCCCCC(=O)NCc1cccc(-c2ccc(C3OC(CSc4ccccc4C(=O)O)CC(c4ccc(CO)cc4)O3)cc2)c1. The standard InChI is InChI=1S/C40H44N2O7S/c1-27(44)41-21-6-2-3-12-38(45)42-24-29-8-7-9-33(22-29)30-17-19-32(20-18-30)40-48-34(26-50-37-11-5-4-10-35(37)39(46)47)23-36(49-40)31-15-13-28(25-43)14-16-31/h4-5,7-11,13-20,22,34,36,40,43H,2-3,6,12,21,23-26H2,1H3,(H,41,44)(H,42,45)(H,46,47). The molecule has 0 spiro atoms. The molecule has 3 unspecified atom stereocenters. The van der Waals surface area contributed by atoms with Gasteiger partial charge in [0.2, 0.25) is 11.8 Å². The predicted molar refractivity (Wildman–Crippen MR) is 193 cm³/mol. The Bertz CT molecular complexity index is 1730. The summed E-state index contributed by atoms with van der Waals surface area (Å²) >= 11 is 1.46. The van der Waals surface area contributed by atoms with Crippen molar-refractivity contribution in [2.24, 2.45) is 0 Å². The van der Waals surface area contributed by atoms with Crippen molar-refractivity contribution >= 4 is 29.5 Å². The number of hydrogen-bond acceptors (Lipinski definition) is 7. The first-order valence-corrected chi connectivity index (χ1v) is 17.9. The summed E-state index contributed by atoms with van der Waals surface area (Å²) in [7, 11) is 0. The Labute approximate surface area is 297 Å². The van der Waals surface area contributed by atoms with Crippen LogP contribution in [0.25, 0.3) is 11.1 Å². The summed E-state index contributed by atoms with van der Waals surface area (Å²) in [5.74, 6) is -0.432. The molecule has 5 rings (SSSR count). The number of benzene rings is 4. The number of nitrogens with one attached hydrogen (secondary N) is 2. The summed E-state index contributed by atoms with van der Waals surface area (Å²) in [5.41, 5.74) is 6.00. The number of ether oxygens (including phenoxy) is 2. The van der Waals surface area contributed by atoms with Gasteiger partial charge in [-0.1, -0.05) is 85.3 Å². The number of aliphatic hydroxyl groups is 1. The van der Waals surface area contributed by atoms with Crippen LogP contribution < -0.4 is 10.6 Å². The zero-order valence-electron chi connectivity index (χ0n) is 28.2. The fourth-order valence-electron chi connectivity index (χ4n) is 5.81. The van der Waals surface area contributed by atoms with Gasteiger partial charge in [-0.2, -0.15) is 0 Å². The Kier molecular flexibility index (Phi) is 13.6. The first kappa shape index (κ1) is 36.8. The number of aromatic carboxylic acids is 1. The van der Waals surface area contributed by atoms with Crippen molar-refractivity contribution in [2.75, 3.05) is 12.3 Å². The van der Waals surface area contributed by atoms with E-state index in [9.17, 15) is 24.6 Å². The van der Waals surface area contributed by atoms with E-state index < -0.39 is 12.3 Å². The summed E-state index contributed by atoms with van der Waals surface area (Å²) in [5, 5.41) is 25.0. The third-order valence-electron chi connectivity index (χ3n) is 8.54. The molecule has 4 N–H and O–H groups in total. The molecule has 4 aromatic carbocycles. The Hall–Kier alpha value is -4.48. The highest BCUT2D eigenvalue weighted by Crippen LogP contribution is 2.40. The second-order valence-corrected chi connectivity index (χ2v) is 13.4. The number of unbranched alkanes of at least 4 members (excludes halogenated alkanes) is 2. The molecule has 2 amide bonds. The molecule has 0 bridgehead atoms. The lowest BCUT2D eigenvalue weighted by atomic mass is 9.99. The van der Waals surface area contributed by atoms with Crippen molar-refractivity contribution in [2.45, 2.75) is 75.6 Å². The Morgan fingerprint density at radius 3 is 2.30 bits per heavy atom. The largest absolute Gasteiger partial charge is 0.478 e. The van der Waals surface area contributed by atoms with Crippen LogP contribution >= 0.6 is 11.8 Å². The summed E-state index contributed by atoms with van der Waals surface area (Å²) in [6.45, 7) is 2.54. The lowest BCUT2D eigenvalue weighted by Crippen LogP contribution is -2.31. The fourth-order valence-corrected chi connectivity index (χ4v) is 6.87. The van der Waals surface area contributed by atoms with E-state index in [2.05, 4.69) is 16.7 Å². The molecule has 1 saturated heterocycles. The molecule has 262 valence electrons. The van der Waals surface area contributed by atoms with Gasteiger partial charge in [0.25, 0.3) is 0 Å². The molecule has 0 radical (unpaired) electrons. The monoisotopic (exact) mass is 696 g/mol. The lowest BCUT2D eigenvalue weighted by molar-refractivity contribution is -0.245. The van der Waals surface area contributed by atoms with Crippen LogP contribution in [0.5, 0.6) is 0 Å². The van der Waals surface area contributed by atoms with Crippen molar-refractivity contribution in [3.63, 3.8) is 0 Å². The third kappa shape index (κ3) is 10.8. The van der Waals surface area contributed by atoms with Gasteiger partial charge in [0.15, 0.2) is 6.29 Å².